The first-order chi connectivity index (χ1) is 61.6. The number of rotatable bonds is 23. The van der Waals surface area contributed by atoms with Crippen LogP contribution in [0.2, 0.25) is 0 Å². The Morgan fingerprint density at radius 2 is 1.08 bits per heavy atom. The van der Waals surface area contributed by atoms with Crippen LogP contribution in [0.15, 0.2) is 110 Å². The van der Waals surface area contributed by atoms with Crippen LogP contribution in [0.4, 0.5) is 0 Å². The molecule has 1 unspecified atom stereocenters. The number of aromatic amines is 3. The minimum absolute atomic E-state index is 0.00140. The Morgan fingerprint density at radius 1 is 0.566 bits per heavy atom. The highest BCUT2D eigenvalue weighted by Crippen LogP contribution is 2.28. The SMILES string of the molecule is C=CC[C@@H]1NC(=O)[C@H](Cc2c[nH]c3ccccc23)NC(=O)C2CCCN2C(=O)[C@H](CC(C)C)NC(=O)[C@H](Cc2cnc[nH]2)NC(=O)[C@@H]2CCCN2C(=O)[C@H](CC(N)=O)NC(=O)[C@H](C)N(C)C(=O)[C@H](Cc2ccc(O)cc2)NC(=O)CSC[C@@H](C(=O)NCCN)NC(=O)[C@H](C)NC(=O)[C@H](CCCC)N(C)C(=O)[C@H](CCCC)N(C)C(=O)[C@H](Cc2c[nH]c3ccccc23)NC1=O. The number of likely N-dealkylation sites (N-methyl/N-ethyl adjacent to an activating group) is 3. The molecule has 3 fully saturated rings. The van der Waals surface area contributed by atoms with Crippen molar-refractivity contribution < 1.29 is 81.8 Å². The van der Waals surface area contributed by atoms with E-state index in [9.17, 15) is 48.3 Å². The first-order valence-electron chi connectivity index (χ1n) is 44.1. The second kappa shape index (κ2) is 47.9. The normalized spacial score (nSPS) is 24.8. The Morgan fingerprint density at radius 3 is 1.64 bits per heavy atom. The minimum Gasteiger partial charge on any atom is -0.508 e. The number of hydrogen-bond donors (Lipinski definition) is 16. The number of primary amides is 1. The number of carbonyl (C=O) groups excluding carboxylic acids is 16. The molecule has 0 bridgehead atoms. The van der Waals surface area contributed by atoms with E-state index in [0.29, 0.717) is 76.3 Å². The van der Waals surface area contributed by atoms with Gasteiger partial charge in [-0.3, -0.25) is 76.7 Å². The second-order valence-corrected chi connectivity index (χ2v) is 34.7. The van der Waals surface area contributed by atoms with Crippen LogP contribution in [-0.4, -0.2) is 287 Å². The molecule has 3 aliphatic heterocycles. The molecule has 14 atom stereocenters. The summed E-state index contributed by atoms with van der Waals surface area (Å²) >= 11 is 0.881. The van der Waals surface area contributed by atoms with Crippen molar-refractivity contribution in [3.05, 3.63) is 133 Å². The number of aromatic nitrogens is 4. The smallest absolute Gasteiger partial charge is 0.246 e. The molecule has 6 heterocycles. The number of hydrogen-bond acceptors (Lipinski definition) is 20. The number of amides is 16. The lowest BCUT2D eigenvalue weighted by Crippen LogP contribution is -2.61. The molecule has 38 nitrogen and oxygen atoms in total. The molecule has 9 rings (SSSR count). The topological polar surface area (TPSA) is 542 Å². The van der Waals surface area contributed by atoms with Gasteiger partial charge in [-0.2, -0.15) is 0 Å². The van der Waals surface area contributed by atoms with E-state index in [2.05, 4.69) is 79.7 Å². The summed E-state index contributed by atoms with van der Waals surface area (Å²) in [4.78, 5) is 256. The molecule has 3 aromatic carbocycles. The first kappa shape index (κ1) is 100. The van der Waals surface area contributed by atoms with Crippen molar-refractivity contribution in [3.63, 3.8) is 0 Å². The molecule has 0 radical (unpaired) electrons. The maximum absolute atomic E-state index is 15.7. The largest absolute Gasteiger partial charge is 0.508 e. The third-order valence-corrected chi connectivity index (χ3v) is 24.7. The van der Waals surface area contributed by atoms with Gasteiger partial charge in [0.2, 0.25) is 94.5 Å². The van der Waals surface area contributed by atoms with Gasteiger partial charge >= 0.3 is 0 Å². The number of phenolic OH excluding ortho intramolecular Hbond substituents is 1. The quantitative estimate of drug-likeness (QED) is 0.0397. The molecule has 129 heavy (non-hydrogen) atoms. The zero-order chi connectivity index (χ0) is 93.9. The lowest BCUT2D eigenvalue weighted by Gasteiger charge is -2.36. The monoisotopic (exact) mass is 1800 g/mol. The van der Waals surface area contributed by atoms with E-state index < -0.39 is 191 Å². The van der Waals surface area contributed by atoms with Gasteiger partial charge in [0, 0.05) is 125 Å². The van der Waals surface area contributed by atoms with Gasteiger partial charge in [-0.05, 0) is 112 Å². The summed E-state index contributed by atoms with van der Waals surface area (Å²) in [6, 6.07) is 0.657. The number of para-hydroxylation sites is 2. The summed E-state index contributed by atoms with van der Waals surface area (Å²) in [5, 5.41) is 39.2. The number of phenols is 1. The highest BCUT2D eigenvalue weighted by molar-refractivity contribution is 8.00. The van der Waals surface area contributed by atoms with Gasteiger partial charge in [-0.1, -0.05) is 108 Å². The van der Waals surface area contributed by atoms with Crippen LogP contribution >= 0.6 is 11.8 Å². The predicted octanol–water partition coefficient (Wildman–Crippen LogP) is 0.914. The molecule has 6 aromatic rings. The zero-order valence-corrected chi connectivity index (χ0v) is 75.5. The van der Waals surface area contributed by atoms with Gasteiger partial charge in [0.05, 0.1) is 18.5 Å². The van der Waals surface area contributed by atoms with Crippen molar-refractivity contribution >= 4 is 128 Å². The maximum atomic E-state index is 15.7. The Hall–Kier alpha value is -12.7. The van der Waals surface area contributed by atoms with E-state index in [1.807, 2.05) is 64.1 Å². The summed E-state index contributed by atoms with van der Waals surface area (Å²) in [5.74, 6) is -14.1. The number of fused-ring (bicyclic) bond motifs is 4. The Bertz CT molecular complexity index is 4960. The van der Waals surface area contributed by atoms with Gasteiger partial charge in [-0.25, -0.2) is 4.98 Å². The number of H-pyrrole nitrogens is 3. The van der Waals surface area contributed by atoms with Crippen molar-refractivity contribution in [2.24, 2.45) is 17.4 Å². The molecule has 0 spiro atoms. The van der Waals surface area contributed by atoms with Gasteiger partial charge in [0.1, 0.15) is 90.3 Å². The predicted molar refractivity (Wildman–Crippen MR) is 482 cm³/mol. The number of nitrogens with two attached hydrogens (primary N) is 2. The van der Waals surface area contributed by atoms with Gasteiger partial charge in [-0.15, -0.1) is 18.3 Å². The first-order valence-corrected chi connectivity index (χ1v) is 45.2. The summed E-state index contributed by atoms with van der Waals surface area (Å²) in [6.45, 7) is 13.9. The fraction of sp³-hybridized carbons (Fsp3) is 0.522. The number of imidazole rings is 1. The van der Waals surface area contributed by atoms with E-state index in [1.165, 1.54) is 92.6 Å². The van der Waals surface area contributed by atoms with E-state index in [1.54, 1.807) is 24.5 Å². The molecule has 0 aliphatic carbocycles. The van der Waals surface area contributed by atoms with Crippen molar-refractivity contribution in [3.8, 4) is 5.75 Å². The van der Waals surface area contributed by atoms with Gasteiger partial charge < -0.3 is 109 Å². The number of nitrogens with zero attached hydrogens (tertiary/aromatic N) is 6. The second-order valence-electron chi connectivity index (χ2n) is 33.7. The highest BCUT2D eigenvalue weighted by atomic mass is 32.2. The average molecular weight is 1810 g/mol. The molecule has 18 N–H and O–H groups in total. The number of unbranched alkanes of at least 4 members (excludes halogenated alkanes) is 2. The molecular weight excluding hydrogens is 1680 g/mol. The number of carbonyl (C=O) groups is 16. The van der Waals surface area contributed by atoms with Gasteiger partial charge in [0.25, 0.3) is 0 Å². The molecule has 698 valence electrons. The Kier molecular flexibility index (Phi) is 37.2. The number of nitrogens with one attached hydrogen (secondary N) is 13. The van der Waals surface area contributed by atoms with Crippen molar-refractivity contribution in [2.75, 3.05) is 58.8 Å². The van der Waals surface area contributed by atoms with Crippen LogP contribution in [0, 0.1) is 5.92 Å². The Labute approximate surface area is 753 Å². The average Bonchev–Trinajstić information content (AvgIpc) is 1.67. The summed E-state index contributed by atoms with van der Waals surface area (Å²) in [5.41, 5.74) is 14.9. The summed E-state index contributed by atoms with van der Waals surface area (Å²) < 4.78 is 0. The molecular formula is C90H125N21O17S. The summed E-state index contributed by atoms with van der Waals surface area (Å²) in [6.07, 6.45) is 8.64. The molecule has 3 aliphatic rings. The number of benzene rings is 3. The van der Waals surface area contributed by atoms with E-state index in [-0.39, 0.29) is 114 Å². The van der Waals surface area contributed by atoms with E-state index in [4.69, 9.17) is 11.5 Å². The van der Waals surface area contributed by atoms with Crippen molar-refractivity contribution in [1.29, 1.82) is 0 Å². The fourth-order valence-corrected chi connectivity index (χ4v) is 17.2. The van der Waals surface area contributed by atoms with E-state index >= 15 is 33.6 Å². The lowest BCUT2D eigenvalue weighted by atomic mass is 9.99. The standard InChI is InChI=1S/C90H125N21O17S/c1-11-14-27-71-83(121)98-52(6)77(115)106-70(79(117)94-36-35-91)48-129-49-76(114)99-67(40-54-31-33-58(112)34-32-54)86(124)107(8)53(7)78(116)103-69(44-75(92)113)89(127)111-38-21-30-73(111)85(123)102-65(43-57-47-93-50-97-57)82(120)104-66(39-51(4)5)88(126)110-37-20-29-72(110)84(122)101-64(41-55-45-95-61-25-18-16-23-59(55)61)81(119)100-63(22-13-3)80(118)105-68(42-56-46-96-62-26-19-17-24-60(56)62)87(125)109(10)74(28-15-12-2)90(128)108(71)9/h13,16-19,23-26,31-34,45-47,50-53,63-74,95-96,112H,3,11-12,14-15,20-22,27-30,35-44,48-49,91H2,1-2,4-10H3,(H2,92,113)(H,93,97)(H,94,117)(H,98,121)(H,99,114)(H,100,119)(H,101,122)(H,102,123)(H,103,116)(H,104,120)(H,105,118)(H,106,115)/t52-,53-,63-,64-,65-,66-,67-,68-,69-,70-,71-,72?,73-,74-/m0/s1. The molecule has 3 aromatic heterocycles. The van der Waals surface area contributed by atoms with Crippen LogP contribution in [-0.2, 0) is 102 Å². The highest BCUT2D eigenvalue weighted by Gasteiger charge is 2.45. The van der Waals surface area contributed by atoms with Crippen LogP contribution in [0.5, 0.6) is 5.75 Å². The van der Waals surface area contributed by atoms with Crippen LogP contribution < -0.4 is 64.6 Å². The minimum atomic E-state index is -1.72. The molecule has 3 saturated heterocycles. The third kappa shape index (κ3) is 27.2. The number of thioether (sulfide) groups is 1. The molecule has 0 saturated carbocycles. The molecule has 39 heteroatoms. The molecule has 16 amide bonds. The maximum Gasteiger partial charge on any atom is 0.246 e. The Balaban J connectivity index is 1.07. The van der Waals surface area contributed by atoms with Crippen molar-refractivity contribution in [2.45, 2.75) is 235 Å². The number of aromatic hydroxyl groups is 1. The van der Waals surface area contributed by atoms with E-state index in [0.717, 1.165) is 21.6 Å². The summed E-state index contributed by atoms with van der Waals surface area (Å²) in [7, 11) is 4.10. The van der Waals surface area contributed by atoms with Crippen molar-refractivity contribution in [1.82, 2.24) is 97.6 Å². The fourth-order valence-electron chi connectivity index (χ4n) is 16.3. The van der Waals surface area contributed by atoms with Crippen LogP contribution in [0.3, 0.4) is 0 Å². The lowest BCUT2D eigenvalue weighted by molar-refractivity contribution is -0.149. The van der Waals surface area contributed by atoms with Crippen LogP contribution in [0.25, 0.3) is 21.8 Å². The van der Waals surface area contributed by atoms with Gasteiger partial charge in [0.15, 0.2) is 0 Å². The van der Waals surface area contributed by atoms with Crippen LogP contribution in [0.1, 0.15) is 147 Å². The zero-order valence-electron chi connectivity index (χ0n) is 74.7. The third-order valence-electron chi connectivity index (χ3n) is 23.7.